The van der Waals surface area contributed by atoms with Crippen molar-refractivity contribution in [3.05, 3.63) is 44.8 Å². The largest absolute Gasteiger partial charge is 0.310 e. The van der Waals surface area contributed by atoms with Gasteiger partial charge in [0.25, 0.3) is 0 Å². The van der Waals surface area contributed by atoms with Gasteiger partial charge in [0.1, 0.15) is 0 Å². The highest BCUT2D eigenvalue weighted by Gasteiger charge is 2.03. The topological polar surface area (TPSA) is 12.0 Å². The van der Waals surface area contributed by atoms with Crippen molar-refractivity contribution >= 4 is 33.9 Å². The Balaban J connectivity index is 2.12. The van der Waals surface area contributed by atoms with Gasteiger partial charge < -0.3 is 5.32 Å². The van der Waals surface area contributed by atoms with Gasteiger partial charge in [0.2, 0.25) is 0 Å². The zero-order valence-electron chi connectivity index (χ0n) is 10.0. The first kappa shape index (κ1) is 13.1. The highest BCUT2D eigenvalue weighted by Crippen LogP contribution is 2.28. The fourth-order valence-electron chi connectivity index (χ4n) is 1.57. The van der Waals surface area contributed by atoms with Crippen LogP contribution in [0.4, 0.5) is 0 Å². The summed E-state index contributed by atoms with van der Waals surface area (Å²) in [7, 11) is 0. The van der Waals surface area contributed by atoms with Crippen molar-refractivity contribution in [2.24, 2.45) is 0 Å². The van der Waals surface area contributed by atoms with Crippen molar-refractivity contribution in [3.8, 4) is 10.4 Å². The lowest BCUT2D eigenvalue weighted by molar-refractivity contribution is 0.593. The number of halogens is 1. The molecule has 0 saturated heterocycles. The van der Waals surface area contributed by atoms with Crippen molar-refractivity contribution in [2.75, 3.05) is 0 Å². The van der Waals surface area contributed by atoms with E-state index < -0.39 is 0 Å². The van der Waals surface area contributed by atoms with Gasteiger partial charge in [-0.2, -0.15) is 0 Å². The number of benzene rings is 1. The van der Waals surface area contributed by atoms with Crippen LogP contribution in [0.15, 0.2) is 36.4 Å². The van der Waals surface area contributed by atoms with Crippen LogP contribution in [-0.2, 0) is 6.54 Å². The highest BCUT2D eigenvalue weighted by molar-refractivity contribution is 14.1. The first-order valence-corrected chi connectivity index (χ1v) is 7.63. The van der Waals surface area contributed by atoms with Crippen LogP contribution in [0, 0.1) is 3.57 Å². The van der Waals surface area contributed by atoms with Crippen LogP contribution in [0.2, 0.25) is 0 Å². The van der Waals surface area contributed by atoms with E-state index in [1.54, 1.807) is 0 Å². The summed E-state index contributed by atoms with van der Waals surface area (Å²) in [6.45, 7) is 5.31. The average molecular weight is 357 g/mol. The summed E-state index contributed by atoms with van der Waals surface area (Å²) < 4.78 is 1.29. The molecule has 1 aromatic carbocycles. The van der Waals surface area contributed by atoms with Gasteiger partial charge in [-0.3, -0.25) is 0 Å². The Morgan fingerprint density at radius 3 is 2.76 bits per heavy atom. The zero-order valence-corrected chi connectivity index (χ0v) is 13.0. The molecule has 2 rings (SSSR count). The number of rotatable bonds is 4. The lowest BCUT2D eigenvalue weighted by Gasteiger charge is -2.05. The molecule has 0 aliphatic carbocycles. The molecule has 1 nitrogen and oxygen atoms in total. The number of thiophene rings is 1. The molecule has 0 bridgehead atoms. The SMILES string of the molecule is CC(C)NCc1ccc(-c2cccc(I)c2)s1. The van der Waals surface area contributed by atoms with Gasteiger partial charge in [-0.25, -0.2) is 0 Å². The molecule has 0 saturated carbocycles. The molecule has 17 heavy (non-hydrogen) atoms. The molecule has 1 heterocycles. The minimum absolute atomic E-state index is 0.540. The first-order chi connectivity index (χ1) is 8.15. The maximum atomic E-state index is 3.45. The van der Waals surface area contributed by atoms with E-state index in [-0.39, 0.29) is 0 Å². The second kappa shape index (κ2) is 5.98. The molecule has 1 N–H and O–H groups in total. The smallest absolute Gasteiger partial charge is 0.0346 e. The molecule has 90 valence electrons. The third-order valence-corrected chi connectivity index (χ3v) is 4.26. The molecule has 0 amide bonds. The molecule has 1 aromatic heterocycles. The molecule has 0 radical (unpaired) electrons. The van der Waals surface area contributed by atoms with Crippen LogP contribution in [0.3, 0.4) is 0 Å². The van der Waals surface area contributed by atoms with Crippen LogP contribution >= 0.6 is 33.9 Å². The van der Waals surface area contributed by atoms with Gasteiger partial charge in [0, 0.05) is 25.9 Å². The van der Waals surface area contributed by atoms with Crippen molar-refractivity contribution in [2.45, 2.75) is 26.4 Å². The normalized spacial score (nSPS) is 11.1. The van der Waals surface area contributed by atoms with Gasteiger partial charge in [-0.15, -0.1) is 11.3 Å². The number of hydrogen-bond donors (Lipinski definition) is 1. The summed E-state index contributed by atoms with van der Waals surface area (Å²) in [5.41, 5.74) is 1.32. The van der Waals surface area contributed by atoms with E-state index in [1.807, 2.05) is 11.3 Å². The van der Waals surface area contributed by atoms with E-state index in [1.165, 1.54) is 18.9 Å². The quantitative estimate of drug-likeness (QED) is 0.794. The summed E-state index contributed by atoms with van der Waals surface area (Å²) >= 11 is 4.23. The molecule has 3 heteroatoms. The predicted octanol–water partition coefficient (Wildman–Crippen LogP) is 4.52. The van der Waals surface area contributed by atoms with Crippen molar-refractivity contribution in [1.82, 2.24) is 5.32 Å². The third kappa shape index (κ3) is 3.79. The van der Waals surface area contributed by atoms with E-state index in [9.17, 15) is 0 Å². The van der Waals surface area contributed by atoms with Gasteiger partial charge in [-0.05, 0) is 52.4 Å². The Labute approximate surface area is 120 Å². The molecule has 0 unspecified atom stereocenters. The van der Waals surface area contributed by atoms with Crippen molar-refractivity contribution in [3.63, 3.8) is 0 Å². The second-order valence-corrected chi connectivity index (χ2v) is 6.73. The maximum Gasteiger partial charge on any atom is 0.0346 e. The standard InChI is InChI=1S/C14H16INS/c1-10(2)16-9-13-6-7-14(17-13)11-4-3-5-12(15)8-11/h3-8,10,16H,9H2,1-2H3. The Hall–Kier alpha value is -0.390. The van der Waals surface area contributed by atoms with Gasteiger partial charge in [0.15, 0.2) is 0 Å². The monoisotopic (exact) mass is 357 g/mol. The predicted molar refractivity (Wildman–Crippen MR) is 84.4 cm³/mol. The third-order valence-electron chi connectivity index (χ3n) is 2.46. The summed E-state index contributed by atoms with van der Waals surface area (Å²) in [6, 6.07) is 13.6. The molecular weight excluding hydrogens is 341 g/mol. The molecule has 0 spiro atoms. The van der Waals surface area contributed by atoms with Crippen molar-refractivity contribution < 1.29 is 0 Å². The van der Waals surface area contributed by atoms with Crippen molar-refractivity contribution in [1.29, 1.82) is 0 Å². The summed E-state index contributed by atoms with van der Waals surface area (Å²) in [4.78, 5) is 2.75. The summed E-state index contributed by atoms with van der Waals surface area (Å²) in [5.74, 6) is 0. The van der Waals surface area contributed by atoms with E-state index in [2.05, 4.69) is 78.2 Å². The molecule has 0 aliphatic rings. The van der Waals surface area contributed by atoms with Crippen LogP contribution in [0.25, 0.3) is 10.4 Å². The number of nitrogens with one attached hydrogen (secondary N) is 1. The lowest BCUT2D eigenvalue weighted by atomic mass is 10.2. The van der Waals surface area contributed by atoms with Gasteiger partial charge in [-0.1, -0.05) is 26.0 Å². The van der Waals surface area contributed by atoms with Crippen LogP contribution in [0.5, 0.6) is 0 Å². The molecule has 2 aromatic rings. The maximum absolute atomic E-state index is 3.45. The van der Waals surface area contributed by atoms with Crippen LogP contribution < -0.4 is 5.32 Å². The second-order valence-electron chi connectivity index (χ2n) is 4.31. The van der Waals surface area contributed by atoms with Crippen LogP contribution in [-0.4, -0.2) is 6.04 Å². The first-order valence-electron chi connectivity index (χ1n) is 5.73. The highest BCUT2D eigenvalue weighted by atomic mass is 127. The van der Waals surface area contributed by atoms with Crippen LogP contribution in [0.1, 0.15) is 18.7 Å². The lowest BCUT2D eigenvalue weighted by Crippen LogP contribution is -2.21. The Morgan fingerprint density at radius 2 is 2.06 bits per heavy atom. The fourth-order valence-corrected chi connectivity index (χ4v) is 3.07. The summed E-state index contributed by atoms with van der Waals surface area (Å²) in [5, 5.41) is 3.45. The minimum Gasteiger partial charge on any atom is -0.310 e. The summed E-state index contributed by atoms with van der Waals surface area (Å²) in [6.07, 6.45) is 0. The van der Waals surface area contributed by atoms with E-state index in [4.69, 9.17) is 0 Å². The van der Waals surface area contributed by atoms with Gasteiger partial charge >= 0.3 is 0 Å². The molecular formula is C14H16INS. The molecule has 0 aliphatic heterocycles. The fraction of sp³-hybridized carbons (Fsp3) is 0.286. The average Bonchev–Trinajstić information content (AvgIpc) is 2.75. The van der Waals surface area contributed by atoms with E-state index in [0.717, 1.165) is 6.54 Å². The molecule has 0 fully saturated rings. The Kier molecular flexibility index (Phi) is 4.59. The number of hydrogen-bond acceptors (Lipinski definition) is 2. The Bertz CT molecular complexity index is 490. The zero-order chi connectivity index (χ0) is 12.3. The van der Waals surface area contributed by atoms with E-state index >= 15 is 0 Å². The van der Waals surface area contributed by atoms with E-state index in [0.29, 0.717) is 6.04 Å². The molecule has 0 atom stereocenters. The minimum atomic E-state index is 0.540. The van der Waals surface area contributed by atoms with Gasteiger partial charge in [0.05, 0.1) is 0 Å². The Morgan fingerprint density at radius 1 is 1.24 bits per heavy atom.